The first-order chi connectivity index (χ1) is 8.38. The Bertz CT molecular complexity index is 325. The zero-order valence-corrected chi connectivity index (χ0v) is 10.3. The molecule has 1 aliphatic rings. The number of nitrogens with one attached hydrogen (secondary N) is 1. The van der Waals surface area contributed by atoms with Gasteiger partial charge in [0.1, 0.15) is 6.10 Å². The van der Waals surface area contributed by atoms with Crippen LogP contribution < -0.4 is 5.32 Å². The number of nitrogens with zero attached hydrogens (tertiary/aromatic N) is 3. The van der Waals surface area contributed by atoms with E-state index in [-0.39, 0.29) is 6.10 Å². The molecule has 6 nitrogen and oxygen atoms in total. The van der Waals surface area contributed by atoms with Crippen molar-refractivity contribution in [2.24, 2.45) is 0 Å². The summed E-state index contributed by atoms with van der Waals surface area (Å²) < 4.78 is 12.4. The number of aromatic nitrogens is 3. The van der Waals surface area contributed by atoms with Crippen LogP contribution >= 0.6 is 0 Å². The second-order valence-corrected chi connectivity index (χ2v) is 4.18. The highest BCUT2D eigenvalue weighted by Gasteiger charge is 2.18. The second kappa shape index (κ2) is 6.68. The maximum absolute atomic E-state index is 5.56. The van der Waals surface area contributed by atoms with E-state index in [1.54, 1.807) is 0 Å². The molecule has 0 saturated carbocycles. The zero-order valence-electron chi connectivity index (χ0n) is 10.3. The highest BCUT2D eigenvalue weighted by Crippen LogP contribution is 2.04. The van der Waals surface area contributed by atoms with Crippen LogP contribution in [-0.4, -0.2) is 47.5 Å². The Morgan fingerprint density at radius 2 is 2.47 bits per heavy atom. The average molecular weight is 240 g/mol. The Balaban J connectivity index is 1.62. The van der Waals surface area contributed by atoms with Crippen molar-refractivity contribution in [2.45, 2.75) is 32.5 Å². The van der Waals surface area contributed by atoms with Gasteiger partial charge in [-0.25, -0.2) is 4.68 Å². The van der Waals surface area contributed by atoms with Gasteiger partial charge in [0, 0.05) is 12.7 Å². The standard InChI is InChI=1S/C11H20N4O2/c1-2-3-12-6-10-7-15(14-13-10)4-5-17-11-8-16-9-11/h7,11-12H,2-6,8-9H2,1H3. The molecule has 17 heavy (non-hydrogen) atoms. The monoisotopic (exact) mass is 240 g/mol. The second-order valence-electron chi connectivity index (χ2n) is 4.18. The molecule has 0 unspecified atom stereocenters. The van der Waals surface area contributed by atoms with Crippen molar-refractivity contribution in [1.29, 1.82) is 0 Å². The Kier molecular flexibility index (Phi) is 4.90. The van der Waals surface area contributed by atoms with Crippen LogP contribution in [0.1, 0.15) is 19.0 Å². The minimum Gasteiger partial charge on any atom is -0.376 e. The van der Waals surface area contributed by atoms with Gasteiger partial charge in [0.05, 0.1) is 32.1 Å². The minimum absolute atomic E-state index is 0.282. The first kappa shape index (κ1) is 12.5. The number of ether oxygens (including phenoxy) is 2. The van der Waals surface area contributed by atoms with Crippen molar-refractivity contribution in [3.8, 4) is 0 Å². The molecular formula is C11H20N4O2. The van der Waals surface area contributed by atoms with Crippen LogP contribution in [0.15, 0.2) is 6.20 Å². The molecule has 0 spiro atoms. The van der Waals surface area contributed by atoms with Crippen LogP contribution in [-0.2, 0) is 22.6 Å². The van der Waals surface area contributed by atoms with Crippen LogP contribution in [0.4, 0.5) is 0 Å². The summed E-state index contributed by atoms with van der Waals surface area (Å²) in [6, 6.07) is 0. The third-order valence-electron chi connectivity index (χ3n) is 2.60. The highest BCUT2D eigenvalue weighted by atomic mass is 16.6. The van der Waals surface area contributed by atoms with E-state index in [0.717, 1.165) is 45.0 Å². The number of hydrogen-bond acceptors (Lipinski definition) is 5. The summed E-state index contributed by atoms with van der Waals surface area (Å²) in [5, 5.41) is 11.4. The fourth-order valence-electron chi connectivity index (χ4n) is 1.55. The molecule has 0 radical (unpaired) electrons. The smallest absolute Gasteiger partial charge is 0.104 e. The normalized spacial score (nSPS) is 16.1. The topological polar surface area (TPSA) is 61.2 Å². The van der Waals surface area contributed by atoms with E-state index in [4.69, 9.17) is 9.47 Å². The summed E-state index contributed by atoms with van der Waals surface area (Å²) >= 11 is 0. The third-order valence-corrected chi connectivity index (χ3v) is 2.60. The van der Waals surface area contributed by atoms with E-state index in [9.17, 15) is 0 Å². The van der Waals surface area contributed by atoms with Crippen LogP contribution in [0, 0.1) is 0 Å². The van der Waals surface area contributed by atoms with E-state index >= 15 is 0 Å². The molecule has 0 atom stereocenters. The van der Waals surface area contributed by atoms with E-state index in [2.05, 4.69) is 22.6 Å². The molecule has 2 heterocycles. The highest BCUT2D eigenvalue weighted by molar-refractivity contribution is 4.91. The van der Waals surface area contributed by atoms with Gasteiger partial charge in [0.15, 0.2) is 0 Å². The summed E-state index contributed by atoms with van der Waals surface area (Å²) in [5.41, 5.74) is 0.977. The Morgan fingerprint density at radius 3 is 3.18 bits per heavy atom. The lowest BCUT2D eigenvalue weighted by Gasteiger charge is -2.25. The predicted octanol–water partition coefficient (Wildman–Crippen LogP) is 0.193. The van der Waals surface area contributed by atoms with Crippen LogP contribution in [0.2, 0.25) is 0 Å². The van der Waals surface area contributed by atoms with E-state index in [1.807, 2.05) is 10.9 Å². The van der Waals surface area contributed by atoms with E-state index in [1.165, 1.54) is 0 Å². The zero-order chi connectivity index (χ0) is 11.9. The quantitative estimate of drug-likeness (QED) is 0.657. The maximum Gasteiger partial charge on any atom is 0.104 e. The molecule has 1 fully saturated rings. The molecule has 1 aromatic rings. The average Bonchev–Trinajstić information content (AvgIpc) is 2.70. The number of hydrogen-bond donors (Lipinski definition) is 1. The van der Waals surface area contributed by atoms with Crippen molar-refractivity contribution in [1.82, 2.24) is 20.3 Å². The van der Waals surface area contributed by atoms with Gasteiger partial charge in [-0.3, -0.25) is 0 Å². The summed E-state index contributed by atoms with van der Waals surface area (Å²) in [4.78, 5) is 0. The molecule has 1 N–H and O–H groups in total. The van der Waals surface area contributed by atoms with Gasteiger partial charge >= 0.3 is 0 Å². The van der Waals surface area contributed by atoms with Crippen LogP contribution in [0.3, 0.4) is 0 Å². The summed E-state index contributed by atoms with van der Waals surface area (Å²) in [5.74, 6) is 0. The van der Waals surface area contributed by atoms with Gasteiger partial charge in [-0.15, -0.1) is 5.10 Å². The fraction of sp³-hybridized carbons (Fsp3) is 0.818. The summed E-state index contributed by atoms with van der Waals surface area (Å²) in [6.45, 7) is 6.80. The molecule has 2 rings (SSSR count). The predicted molar refractivity (Wildman–Crippen MR) is 62.6 cm³/mol. The van der Waals surface area contributed by atoms with Gasteiger partial charge in [0.2, 0.25) is 0 Å². The third kappa shape index (κ3) is 4.07. The Morgan fingerprint density at radius 1 is 1.59 bits per heavy atom. The lowest BCUT2D eigenvalue weighted by Crippen LogP contribution is -2.36. The van der Waals surface area contributed by atoms with Gasteiger partial charge in [-0.1, -0.05) is 12.1 Å². The summed E-state index contributed by atoms with van der Waals surface area (Å²) in [6.07, 6.45) is 3.37. The molecule has 6 heteroatoms. The molecule has 0 aliphatic carbocycles. The SMILES string of the molecule is CCCNCc1cn(CCOC2COC2)nn1. The van der Waals surface area contributed by atoms with Gasteiger partial charge in [-0.05, 0) is 13.0 Å². The van der Waals surface area contributed by atoms with Crippen molar-refractivity contribution in [2.75, 3.05) is 26.4 Å². The van der Waals surface area contributed by atoms with Crippen LogP contribution in [0.25, 0.3) is 0 Å². The van der Waals surface area contributed by atoms with Crippen molar-refractivity contribution in [3.63, 3.8) is 0 Å². The van der Waals surface area contributed by atoms with Crippen molar-refractivity contribution >= 4 is 0 Å². The number of rotatable bonds is 8. The van der Waals surface area contributed by atoms with Gasteiger partial charge in [0.25, 0.3) is 0 Å². The van der Waals surface area contributed by atoms with Crippen molar-refractivity contribution in [3.05, 3.63) is 11.9 Å². The Hall–Kier alpha value is -0.980. The first-order valence-electron chi connectivity index (χ1n) is 6.17. The first-order valence-corrected chi connectivity index (χ1v) is 6.17. The van der Waals surface area contributed by atoms with Gasteiger partial charge in [-0.2, -0.15) is 0 Å². The van der Waals surface area contributed by atoms with Crippen molar-refractivity contribution < 1.29 is 9.47 Å². The largest absolute Gasteiger partial charge is 0.376 e. The Labute approximate surface area is 101 Å². The minimum atomic E-state index is 0.282. The molecule has 0 bridgehead atoms. The fourth-order valence-corrected chi connectivity index (χ4v) is 1.55. The van der Waals surface area contributed by atoms with Gasteiger partial charge < -0.3 is 14.8 Å². The molecule has 96 valence electrons. The molecule has 1 aliphatic heterocycles. The van der Waals surface area contributed by atoms with E-state index < -0.39 is 0 Å². The van der Waals surface area contributed by atoms with Crippen LogP contribution in [0.5, 0.6) is 0 Å². The van der Waals surface area contributed by atoms with E-state index in [0.29, 0.717) is 6.61 Å². The molecule has 1 saturated heterocycles. The lowest BCUT2D eigenvalue weighted by atomic mass is 10.3. The molecule has 1 aromatic heterocycles. The molecular weight excluding hydrogens is 220 g/mol. The maximum atomic E-state index is 5.56. The lowest BCUT2D eigenvalue weighted by molar-refractivity contribution is -0.131. The molecule has 0 amide bonds. The summed E-state index contributed by atoms with van der Waals surface area (Å²) in [7, 11) is 0. The molecule has 0 aromatic carbocycles.